The van der Waals surface area contributed by atoms with E-state index in [1.807, 2.05) is 36.6 Å². The number of Topliss-reactive ketones (excluding diaryl/α,β-unsaturated/α-hetero) is 1. The van der Waals surface area contributed by atoms with Gasteiger partial charge in [0.1, 0.15) is 5.82 Å². The molecule has 0 bridgehead atoms. The standard InChI is InChI=1S/C26H22FN3O2S/c1-15-23(26(32)30-18-9-7-17(27)8-10-18)25(19-5-2-3-11-28-19)24-20(29-15)13-16(14-21(24)31)22-6-4-12-33-22/h2-12,16,25,29H,13-14H2,1H3,(H,30,32)/t16-,25-/m0/s1. The first kappa shape index (κ1) is 21.3. The van der Waals surface area contributed by atoms with Crippen LogP contribution in [0.3, 0.4) is 0 Å². The average molecular weight is 460 g/mol. The number of hydrogen-bond acceptors (Lipinski definition) is 5. The number of thiophene rings is 1. The van der Waals surface area contributed by atoms with Crippen molar-refractivity contribution in [3.63, 3.8) is 0 Å². The zero-order chi connectivity index (χ0) is 22.9. The molecule has 1 amide bonds. The second-order valence-corrected chi connectivity index (χ2v) is 9.23. The maximum absolute atomic E-state index is 13.5. The lowest BCUT2D eigenvalue weighted by atomic mass is 9.73. The van der Waals surface area contributed by atoms with Crippen molar-refractivity contribution in [3.05, 3.63) is 105 Å². The molecule has 5 nitrogen and oxygen atoms in total. The number of halogens is 1. The number of dihydropyridines is 1. The van der Waals surface area contributed by atoms with Crippen LogP contribution in [0.1, 0.15) is 42.2 Å². The maximum Gasteiger partial charge on any atom is 0.254 e. The molecule has 1 aliphatic heterocycles. The highest BCUT2D eigenvalue weighted by Gasteiger charge is 2.41. The van der Waals surface area contributed by atoms with Crippen LogP contribution in [0.25, 0.3) is 0 Å². The molecule has 2 aliphatic rings. The molecule has 5 rings (SSSR count). The van der Waals surface area contributed by atoms with Crippen LogP contribution >= 0.6 is 11.3 Å². The van der Waals surface area contributed by atoms with E-state index in [1.165, 1.54) is 29.1 Å². The molecule has 0 unspecified atom stereocenters. The lowest BCUT2D eigenvalue weighted by molar-refractivity contribution is -0.116. The van der Waals surface area contributed by atoms with Crippen LogP contribution in [-0.2, 0) is 9.59 Å². The third-order valence-corrected chi connectivity index (χ3v) is 7.14. The molecule has 7 heteroatoms. The number of carbonyl (C=O) groups is 2. The Morgan fingerprint density at radius 3 is 2.64 bits per heavy atom. The molecular weight excluding hydrogens is 437 g/mol. The predicted octanol–water partition coefficient (Wildman–Crippen LogP) is 5.28. The van der Waals surface area contributed by atoms with Crippen molar-refractivity contribution in [3.8, 4) is 0 Å². The number of allylic oxidation sites excluding steroid dienone is 3. The molecule has 1 aromatic carbocycles. The van der Waals surface area contributed by atoms with Gasteiger partial charge in [0, 0.05) is 51.6 Å². The van der Waals surface area contributed by atoms with Gasteiger partial charge in [0.25, 0.3) is 5.91 Å². The summed E-state index contributed by atoms with van der Waals surface area (Å²) in [7, 11) is 0. The van der Waals surface area contributed by atoms with Crippen LogP contribution in [0, 0.1) is 5.82 Å². The molecule has 2 aromatic heterocycles. The van der Waals surface area contributed by atoms with Gasteiger partial charge in [0.05, 0.1) is 11.6 Å². The Balaban J connectivity index is 1.54. The van der Waals surface area contributed by atoms with Crippen molar-refractivity contribution in [1.82, 2.24) is 10.3 Å². The van der Waals surface area contributed by atoms with Gasteiger partial charge in [-0.1, -0.05) is 12.1 Å². The van der Waals surface area contributed by atoms with Gasteiger partial charge in [-0.25, -0.2) is 4.39 Å². The number of carbonyl (C=O) groups excluding carboxylic acids is 2. The number of anilines is 1. The summed E-state index contributed by atoms with van der Waals surface area (Å²) in [6.07, 6.45) is 2.77. The monoisotopic (exact) mass is 459 g/mol. The first-order chi connectivity index (χ1) is 16.0. The Bertz CT molecular complexity index is 1260. The number of pyridine rings is 1. The zero-order valence-corrected chi connectivity index (χ0v) is 18.8. The van der Waals surface area contributed by atoms with E-state index in [0.29, 0.717) is 41.1 Å². The highest BCUT2D eigenvalue weighted by molar-refractivity contribution is 7.10. The third kappa shape index (κ3) is 4.12. The second kappa shape index (κ2) is 8.75. The van der Waals surface area contributed by atoms with E-state index < -0.39 is 5.92 Å². The molecule has 2 atom stereocenters. The van der Waals surface area contributed by atoms with Crippen LogP contribution in [0.5, 0.6) is 0 Å². The highest BCUT2D eigenvalue weighted by Crippen LogP contribution is 2.45. The van der Waals surface area contributed by atoms with Gasteiger partial charge < -0.3 is 10.6 Å². The Morgan fingerprint density at radius 1 is 1.12 bits per heavy atom. The fourth-order valence-electron chi connectivity index (χ4n) is 4.64. The van der Waals surface area contributed by atoms with Crippen molar-refractivity contribution in [1.29, 1.82) is 0 Å². The summed E-state index contributed by atoms with van der Waals surface area (Å²) >= 11 is 1.66. The van der Waals surface area contributed by atoms with Crippen molar-refractivity contribution < 1.29 is 14.0 Å². The van der Waals surface area contributed by atoms with Crippen LogP contribution in [0.2, 0.25) is 0 Å². The molecule has 166 valence electrons. The van der Waals surface area contributed by atoms with E-state index >= 15 is 0 Å². The number of ketones is 1. The van der Waals surface area contributed by atoms with Crippen LogP contribution in [-0.4, -0.2) is 16.7 Å². The predicted molar refractivity (Wildman–Crippen MR) is 126 cm³/mol. The number of aromatic nitrogens is 1. The van der Waals surface area contributed by atoms with Gasteiger partial charge in [0.2, 0.25) is 0 Å². The smallest absolute Gasteiger partial charge is 0.254 e. The lowest BCUT2D eigenvalue weighted by Crippen LogP contribution is -2.37. The maximum atomic E-state index is 13.5. The highest BCUT2D eigenvalue weighted by atomic mass is 32.1. The Hall–Kier alpha value is -3.58. The number of nitrogens with one attached hydrogen (secondary N) is 2. The summed E-state index contributed by atoms with van der Waals surface area (Å²) in [6, 6.07) is 15.2. The fraction of sp³-hybridized carbons (Fsp3) is 0.192. The van der Waals surface area contributed by atoms with E-state index in [9.17, 15) is 14.0 Å². The summed E-state index contributed by atoms with van der Waals surface area (Å²) in [4.78, 5) is 32.6. The first-order valence-corrected chi connectivity index (χ1v) is 11.6. The van der Waals surface area contributed by atoms with Gasteiger partial charge in [-0.3, -0.25) is 14.6 Å². The molecule has 0 radical (unpaired) electrons. The topological polar surface area (TPSA) is 71.1 Å². The van der Waals surface area contributed by atoms with Crippen molar-refractivity contribution in [2.24, 2.45) is 0 Å². The van der Waals surface area contributed by atoms with Crippen molar-refractivity contribution >= 4 is 28.7 Å². The summed E-state index contributed by atoms with van der Waals surface area (Å²) in [6.45, 7) is 1.85. The van der Waals surface area contributed by atoms with Crippen LogP contribution < -0.4 is 10.6 Å². The number of nitrogens with zero attached hydrogens (tertiary/aromatic N) is 1. The summed E-state index contributed by atoms with van der Waals surface area (Å²) in [5, 5.41) is 8.23. The van der Waals surface area contributed by atoms with Crippen LogP contribution in [0.4, 0.5) is 10.1 Å². The molecule has 3 aromatic rings. The SMILES string of the molecule is CC1=C(C(=O)Nc2ccc(F)cc2)[C@H](c2ccccn2)C2=C(C[C@H](c3cccs3)CC2=O)N1. The molecule has 0 saturated carbocycles. The largest absolute Gasteiger partial charge is 0.362 e. The minimum absolute atomic E-state index is 0.0254. The summed E-state index contributed by atoms with van der Waals surface area (Å²) in [5.74, 6) is -1.15. The molecule has 0 fully saturated rings. The van der Waals surface area contributed by atoms with Crippen LogP contribution in [0.15, 0.2) is 88.7 Å². The Labute approximate surface area is 195 Å². The normalized spacial score (nSPS) is 20.4. The van der Waals surface area contributed by atoms with Gasteiger partial charge >= 0.3 is 0 Å². The molecule has 33 heavy (non-hydrogen) atoms. The van der Waals surface area contributed by atoms with E-state index in [0.717, 1.165) is 5.70 Å². The minimum atomic E-state index is -0.570. The molecule has 0 saturated heterocycles. The molecule has 1 aliphatic carbocycles. The van der Waals surface area contributed by atoms with Crippen molar-refractivity contribution in [2.75, 3.05) is 5.32 Å². The molecule has 3 heterocycles. The van der Waals surface area contributed by atoms with Gasteiger partial charge in [-0.15, -0.1) is 11.3 Å². The number of hydrogen-bond donors (Lipinski definition) is 2. The van der Waals surface area contributed by atoms with Gasteiger partial charge in [-0.2, -0.15) is 0 Å². The third-order valence-electron chi connectivity index (χ3n) is 6.10. The second-order valence-electron chi connectivity index (χ2n) is 8.25. The zero-order valence-electron chi connectivity index (χ0n) is 18.0. The molecule has 2 N–H and O–H groups in total. The van der Waals surface area contributed by atoms with E-state index in [4.69, 9.17) is 0 Å². The molecular formula is C26H22FN3O2S. The number of amides is 1. The van der Waals surface area contributed by atoms with Gasteiger partial charge in [0.15, 0.2) is 5.78 Å². The Kier molecular flexibility index (Phi) is 5.64. The number of rotatable bonds is 4. The fourth-order valence-corrected chi connectivity index (χ4v) is 5.47. The van der Waals surface area contributed by atoms with E-state index in [1.54, 1.807) is 17.5 Å². The minimum Gasteiger partial charge on any atom is -0.362 e. The quantitative estimate of drug-likeness (QED) is 0.557. The van der Waals surface area contributed by atoms with Gasteiger partial charge in [-0.05, 0) is 61.2 Å². The molecule has 0 spiro atoms. The first-order valence-electron chi connectivity index (χ1n) is 10.8. The van der Waals surface area contributed by atoms with E-state index in [-0.39, 0.29) is 23.4 Å². The summed E-state index contributed by atoms with van der Waals surface area (Å²) < 4.78 is 13.3. The van der Waals surface area contributed by atoms with Crippen molar-refractivity contribution in [2.45, 2.75) is 31.6 Å². The Morgan fingerprint density at radius 2 is 1.94 bits per heavy atom. The lowest BCUT2D eigenvalue weighted by Gasteiger charge is -2.36. The van der Waals surface area contributed by atoms with E-state index in [2.05, 4.69) is 21.7 Å². The number of benzene rings is 1. The average Bonchev–Trinajstić information content (AvgIpc) is 3.35. The summed E-state index contributed by atoms with van der Waals surface area (Å²) in [5.41, 5.74) is 3.72.